The Morgan fingerprint density at radius 2 is 1.82 bits per heavy atom. The summed E-state index contributed by atoms with van der Waals surface area (Å²) in [4.78, 5) is 13.7. The van der Waals surface area contributed by atoms with Gasteiger partial charge in [0.1, 0.15) is 18.2 Å². The molecule has 140 valence electrons. The fraction of sp³-hybridized carbons (Fsp3) is 0.136. The van der Waals surface area contributed by atoms with E-state index in [0.29, 0.717) is 19.0 Å². The van der Waals surface area contributed by atoms with Crippen molar-refractivity contribution in [3.05, 3.63) is 67.0 Å². The van der Waals surface area contributed by atoms with Crippen molar-refractivity contribution in [2.75, 3.05) is 25.5 Å². The molecule has 6 heteroatoms. The summed E-state index contributed by atoms with van der Waals surface area (Å²) < 4.78 is 5.58. The lowest BCUT2D eigenvalue weighted by atomic mass is 10.0. The molecule has 4 rings (SSSR count). The number of nitrogens with two attached hydrogens (primary N) is 1. The standard InChI is InChI=1S/C22H21N5O/c1-24-22-20-18(15-7-9-17(10-8-15)28-13-11-23)5-2-6-19(20)26-21(27-22)16-4-3-12-25-14-16/h2-10,12,14H,11,13,23H2,1H3,(H,24,26,27). The molecule has 0 saturated heterocycles. The van der Waals surface area contributed by atoms with Crippen molar-refractivity contribution >= 4 is 16.7 Å². The minimum Gasteiger partial charge on any atom is -0.492 e. The number of rotatable bonds is 6. The Morgan fingerprint density at radius 1 is 0.964 bits per heavy atom. The number of aromatic nitrogens is 3. The summed E-state index contributed by atoms with van der Waals surface area (Å²) in [6, 6.07) is 17.9. The van der Waals surface area contributed by atoms with Gasteiger partial charge >= 0.3 is 0 Å². The lowest BCUT2D eigenvalue weighted by Gasteiger charge is -2.13. The van der Waals surface area contributed by atoms with E-state index in [0.717, 1.165) is 39.2 Å². The highest BCUT2D eigenvalue weighted by atomic mass is 16.5. The molecule has 4 aromatic rings. The largest absolute Gasteiger partial charge is 0.492 e. The van der Waals surface area contributed by atoms with Crippen LogP contribution in [0.15, 0.2) is 67.0 Å². The Bertz CT molecular complexity index is 1080. The molecular formula is C22H21N5O. The van der Waals surface area contributed by atoms with Crippen LogP contribution >= 0.6 is 0 Å². The van der Waals surface area contributed by atoms with Gasteiger partial charge in [0.25, 0.3) is 0 Å². The molecule has 3 N–H and O–H groups in total. The van der Waals surface area contributed by atoms with Crippen LogP contribution in [0.1, 0.15) is 0 Å². The van der Waals surface area contributed by atoms with Crippen molar-refractivity contribution in [1.29, 1.82) is 0 Å². The van der Waals surface area contributed by atoms with Crippen LogP contribution in [-0.2, 0) is 0 Å². The highest BCUT2D eigenvalue weighted by Gasteiger charge is 2.13. The Balaban J connectivity index is 1.82. The lowest BCUT2D eigenvalue weighted by molar-refractivity contribution is 0.328. The van der Waals surface area contributed by atoms with Crippen LogP contribution < -0.4 is 15.8 Å². The van der Waals surface area contributed by atoms with Crippen molar-refractivity contribution in [3.8, 4) is 28.3 Å². The number of hydrogen-bond acceptors (Lipinski definition) is 6. The average molecular weight is 371 g/mol. The van der Waals surface area contributed by atoms with Crippen molar-refractivity contribution in [3.63, 3.8) is 0 Å². The number of pyridine rings is 1. The number of nitrogens with zero attached hydrogens (tertiary/aromatic N) is 3. The molecule has 2 aromatic heterocycles. The molecule has 0 aliphatic rings. The van der Waals surface area contributed by atoms with E-state index in [1.807, 2.05) is 55.6 Å². The van der Waals surface area contributed by atoms with Crippen molar-refractivity contribution < 1.29 is 4.74 Å². The Labute approximate surface area is 163 Å². The number of anilines is 1. The van der Waals surface area contributed by atoms with Gasteiger partial charge in [0.15, 0.2) is 5.82 Å². The van der Waals surface area contributed by atoms with Crippen LogP contribution in [0.2, 0.25) is 0 Å². The first kappa shape index (κ1) is 17.9. The smallest absolute Gasteiger partial charge is 0.163 e. The number of fused-ring (bicyclic) bond motifs is 1. The van der Waals surface area contributed by atoms with E-state index in [-0.39, 0.29) is 0 Å². The van der Waals surface area contributed by atoms with E-state index in [4.69, 9.17) is 20.4 Å². The third kappa shape index (κ3) is 3.50. The van der Waals surface area contributed by atoms with Crippen LogP contribution in [0.3, 0.4) is 0 Å². The zero-order valence-corrected chi connectivity index (χ0v) is 15.6. The molecule has 0 spiro atoms. The highest BCUT2D eigenvalue weighted by Crippen LogP contribution is 2.34. The third-order valence-electron chi connectivity index (χ3n) is 4.43. The topological polar surface area (TPSA) is 86.0 Å². The molecule has 6 nitrogen and oxygen atoms in total. The first-order valence-electron chi connectivity index (χ1n) is 9.12. The molecule has 28 heavy (non-hydrogen) atoms. The second-order valence-corrected chi connectivity index (χ2v) is 6.25. The Hall–Kier alpha value is -3.51. The van der Waals surface area contributed by atoms with Crippen LogP contribution in [0.25, 0.3) is 33.4 Å². The van der Waals surface area contributed by atoms with Gasteiger partial charge in [0.2, 0.25) is 0 Å². The highest BCUT2D eigenvalue weighted by molar-refractivity contribution is 6.02. The van der Waals surface area contributed by atoms with E-state index in [2.05, 4.69) is 16.4 Å². The SMILES string of the molecule is CNc1nc(-c2cccnc2)nc2cccc(-c3ccc(OCCN)cc3)c12. The van der Waals surface area contributed by atoms with E-state index in [1.54, 1.807) is 12.4 Å². The zero-order valence-electron chi connectivity index (χ0n) is 15.6. The molecular weight excluding hydrogens is 350 g/mol. The molecule has 0 saturated carbocycles. The maximum atomic E-state index is 5.58. The van der Waals surface area contributed by atoms with Crippen LogP contribution in [0.4, 0.5) is 5.82 Å². The van der Waals surface area contributed by atoms with Gasteiger partial charge in [-0.2, -0.15) is 0 Å². The predicted molar refractivity (Wildman–Crippen MR) is 112 cm³/mol. The van der Waals surface area contributed by atoms with Gasteiger partial charge in [-0.3, -0.25) is 4.98 Å². The summed E-state index contributed by atoms with van der Waals surface area (Å²) >= 11 is 0. The molecule has 0 aliphatic carbocycles. The van der Waals surface area contributed by atoms with Gasteiger partial charge in [-0.15, -0.1) is 0 Å². The van der Waals surface area contributed by atoms with E-state index < -0.39 is 0 Å². The quantitative estimate of drug-likeness (QED) is 0.537. The van der Waals surface area contributed by atoms with Gasteiger partial charge < -0.3 is 15.8 Å². The Kier molecular flexibility index (Phi) is 5.12. The monoisotopic (exact) mass is 371 g/mol. The minimum atomic E-state index is 0.493. The molecule has 0 fully saturated rings. The van der Waals surface area contributed by atoms with E-state index in [9.17, 15) is 0 Å². The zero-order chi connectivity index (χ0) is 19.3. The van der Waals surface area contributed by atoms with E-state index in [1.165, 1.54) is 0 Å². The van der Waals surface area contributed by atoms with Crippen LogP contribution in [0, 0.1) is 0 Å². The second-order valence-electron chi connectivity index (χ2n) is 6.25. The van der Waals surface area contributed by atoms with Crippen molar-refractivity contribution in [2.45, 2.75) is 0 Å². The van der Waals surface area contributed by atoms with Crippen LogP contribution in [0.5, 0.6) is 5.75 Å². The maximum absolute atomic E-state index is 5.58. The fourth-order valence-corrected chi connectivity index (χ4v) is 3.14. The lowest BCUT2D eigenvalue weighted by Crippen LogP contribution is -2.10. The van der Waals surface area contributed by atoms with Gasteiger partial charge in [-0.25, -0.2) is 9.97 Å². The number of hydrogen-bond donors (Lipinski definition) is 2. The van der Waals surface area contributed by atoms with E-state index >= 15 is 0 Å². The molecule has 0 bridgehead atoms. The number of benzene rings is 2. The van der Waals surface area contributed by atoms with Gasteiger partial charge in [0.05, 0.1) is 10.9 Å². The molecule has 0 amide bonds. The second kappa shape index (κ2) is 8.02. The third-order valence-corrected chi connectivity index (χ3v) is 4.43. The molecule has 0 aliphatic heterocycles. The molecule has 2 heterocycles. The first-order chi connectivity index (χ1) is 13.8. The van der Waals surface area contributed by atoms with Crippen molar-refractivity contribution in [1.82, 2.24) is 15.0 Å². The normalized spacial score (nSPS) is 10.8. The Morgan fingerprint density at radius 3 is 2.54 bits per heavy atom. The van der Waals surface area contributed by atoms with Crippen LogP contribution in [-0.4, -0.2) is 35.2 Å². The van der Waals surface area contributed by atoms with Gasteiger partial charge in [-0.05, 0) is 41.5 Å². The summed E-state index contributed by atoms with van der Waals surface area (Å²) in [5.41, 5.74) is 9.38. The molecule has 0 unspecified atom stereocenters. The predicted octanol–water partition coefficient (Wildman–Crippen LogP) is 3.74. The molecule has 0 atom stereocenters. The summed E-state index contributed by atoms with van der Waals surface area (Å²) in [7, 11) is 1.87. The summed E-state index contributed by atoms with van der Waals surface area (Å²) in [5, 5.41) is 4.20. The average Bonchev–Trinajstić information content (AvgIpc) is 2.77. The van der Waals surface area contributed by atoms with Crippen molar-refractivity contribution in [2.24, 2.45) is 5.73 Å². The number of nitrogens with one attached hydrogen (secondary N) is 1. The van der Waals surface area contributed by atoms with Gasteiger partial charge in [-0.1, -0.05) is 24.3 Å². The van der Waals surface area contributed by atoms with Gasteiger partial charge in [0, 0.05) is 31.5 Å². The minimum absolute atomic E-state index is 0.493. The summed E-state index contributed by atoms with van der Waals surface area (Å²) in [6.45, 7) is 0.996. The molecule has 2 aromatic carbocycles. The first-order valence-corrected chi connectivity index (χ1v) is 9.12. The number of ether oxygens (including phenoxy) is 1. The maximum Gasteiger partial charge on any atom is 0.163 e. The fourth-order valence-electron chi connectivity index (χ4n) is 3.14. The summed E-state index contributed by atoms with van der Waals surface area (Å²) in [6.07, 6.45) is 3.51. The molecule has 0 radical (unpaired) electrons. The summed E-state index contributed by atoms with van der Waals surface area (Å²) in [5.74, 6) is 2.23.